The summed E-state index contributed by atoms with van der Waals surface area (Å²) < 4.78 is 5.18. The highest BCUT2D eigenvalue weighted by atomic mass is 16.5. The Kier molecular flexibility index (Phi) is 5.54. The van der Waals surface area contributed by atoms with Gasteiger partial charge >= 0.3 is 0 Å². The lowest BCUT2D eigenvalue weighted by atomic mass is 9.87. The number of ether oxygens (including phenoxy) is 1. The Labute approximate surface area is 164 Å². The second-order valence-electron chi connectivity index (χ2n) is 7.91. The molecule has 0 saturated carbocycles. The van der Waals surface area contributed by atoms with E-state index >= 15 is 0 Å². The van der Waals surface area contributed by atoms with E-state index in [0.29, 0.717) is 29.8 Å². The number of hydrogen-bond acceptors (Lipinski definition) is 3. The molecule has 2 N–H and O–H groups in total. The van der Waals surface area contributed by atoms with Gasteiger partial charge in [0.05, 0.1) is 12.6 Å². The second-order valence-corrected chi connectivity index (χ2v) is 7.91. The molecule has 2 aromatic carbocycles. The predicted molar refractivity (Wildman–Crippen MR) is 112 cm³/mol. The van der Waals surface area contributed by atoms with Crippen LogP contribution in [-0.2, 0) is 11.8 Å². The largest absolute Gasteiger partial charge is 0.497 e. The molecular formula is C23H26N2O3. The van der Waals surface area contributed by atoms with Crippen LogP contribution in [0, 0.1) is 0 Å². The molecule has 0 fully saturated rings. The number of carbonyl (C=O) groups is 1. The van der Waals surface area contributed by atoms with Gasteiger partial charge in [0.2, 0.25) is 0 Å². The molecule has 0 unspecified atom stereocenters. The molecule has 0 atom stereocenters. The molecule has 1 heterocycles. The van der Waals surface area contributed by atoms with E-state index in [1.165, 1.54) is 5.56 Å². The summed E-state index contributed by atoms with van der Waals surface area (Å²) in [5.74, 6) is 0.558. The van der Waals surface area contributed by atoms with Crippen LogP contribution < -0.4 is 15.6 Å². The molecule has 146 valence electrons. The molecular weight excluding hydrogens is 352 g/mol. The van der Waals surface area contributed by atoms with Gasteiger partial charge in [-0.25, -0.2) is 0 Å². The number of rotatable bonds is 5. The van der Waals surface area contributed by atoms with E-state index in [4.69, 9.17) is 4.74 Å². The van der Waals surface area contributed by atoms with Crippen LogP contribution in [0.5, 0.6) is 5.75 Å². The number of amides is 1. The number of carbonyl (C=O) groups excluding carboxylic acids is 1. The molecule has 0 aliphatic heterocycles. The van der Waals surface area contributed by atoms with Crippen LogP contribution in [0.15, 0.2) is 53.3 Å². The van der Waals surface area contributed by atoms with Crippen molar-refractivity contribution in [2.24, 2.45) is 0 Å². The Bertz CT molecular complexity index is 1040. The molecule has 0 radical (unpaired) electrons. The minimum Gasteiger partial charge on any atom is -0.497 e. The van der Waals surface area contributed by atoms with Crippen molar-refractivity contribution in [3.63, 3.8) is 0 Å². The van der Waals surface area contributed by atoms with Crippen LogP contribution in [0.3, 0.4) is 0 Å². The maximum atomic E-state index is 12.4. The van der Waals surface area contributed by atoms with E-state index in [0.717, 1.165) is 10.9 Å². The number of aromatic amines is 1. The number of methoxy groups -OCH3 is 1. The summed E-state index contributed by atoms with van der Waals surface area (Å²) in [5.41, 5.74) is 3.08. The van der Waals surface area contributed by atoms with Crippen LogP contribution >= 0.6 is 0 Å². The lowest BCUT2D eigenvalue weighted by molar-refractivity contribution is 0.0954. The summed E-state index contributed by atoms with van der Waals surface area (Å²) in [4.78, 5) is 27.5. The number of benzene rings is 2. The van der Waals surface area contributed by atoms with Gasteiger partial charge in [-0.2, -0.15) is 0 Å². The topological polar surface area (TPSA) is 71.2 Å². The average molecular weight is 378 g/mol. The van der Waals surface area contributed by atoms with Crippen LogP contribution in [0.1, 0.15) is 42.3 Å². The quantitative estimate of drug-likeness (QED) is 0.709. The fraction of sp³-hybridized carbons (Fsp3) is 0.304. The predicted octanol–water partition coefficient (Wildman–Crippen LogP) is 3.81. The van der Waals surface area contributed by atoms with E-state index in [1.807, 2.05) is 42.5 Å². The summed E-state index contributed by atoms with van der Waals surface area (Å²) in [6.45, 7) is 6.81. The highest BCUT2D eigenvalue weighted by molar-refractivity contribution is 5.94. The molecule has 1 amide bonds. The minimum atomic E-state index is -0.149. The van der Waals surface area contributed by atoms with E-state index in [1.54, 1.807) is 13.2 Å². The smallest absolute Gasteiger partial charge is 0.251 e. The third-order valence-electron chi connectivity index (χ3n) is 4.82. The van der Waals surface area contributed by atoms with Gasteiger partial charge in [0, 0.05) is 23.7 Å². The molecule has 0 bridgehead atoms. The first kappa shape index (κ1) is 19.7. The zero-order valence-corrected chi connectivity index (χ0v) is 16.8. The third kappa shape index (κ3) is 4.42. The number of H-pyrrole nitrogens is 1. The Hall–Kier alpha value is -3.08. The van der Waals surface area contributed by atoms with E-state index in [2.05, 4.69) is 31.1 Å². The third-order valence-corrected chi connectivity index (χ3v) is 4.82. The highest BCUT2D eigenvalue weighted by Gasteiger charge is 2.14. The summed E-state index contributed by atoms with van der Waals surface area (Å²) in [5, 5.41) is 3.82. The first-order valence-corrected chi connectivity index (χ1v) is 9.36. The fourth-order valence-corrected chi connectivity index (χ4v) is 3.07. The van der Waals surface area contributed by atoms with Crippen molar-refractivity contribution in [2.75, 3.05) is 13.7 Å². The SMILES string of the molecule is COc1ccc2cc(CCNC(=O)c3ccc(C(C)(C)C)cc3)c(=O)[nH]c2c1. The van der Waals surface area contributed by atoms with E-state index in [-0.39, 0.29) is 16.9 Å². The molecule has 0 aliphatic carbocycles. The van der Waals surface area contributed by atoms with Crippen molar-refractivity contribution in [3.05, 3.63) is 75.6 Å². The van der Waals surface area contributed by atoms with Crippen LogP contribution in [0.25, 0.3) is 10.9 Å². The molecule has 3 aromatic rings. The van der Waals surface area contributed by atoms with Crippen LogP contribution in [0.2, 0.25) is 0 Å². The van der Waals surface area contributed by atoms with Gasteiger partial charge in [-0.05, 0) is 53.1 Å². The summed E-state index contributed by atoms with van der Waals surface area (Å²) in [6.07, 6.45) is 0.461. The number of hydrogen-bond donors (Lipinski definition) is 2. The van der Waals surface area contributed by atoms with Crippen molar-refractivity contribution in [1.82, 2.24) is 10.3 Å². The zero-order valence-electron chi connectivity index (χ0n) is 16.8. The minimum absolute atomic E-state index is 0.0517. The first-order valence-electron chi connectivity index (χ1n) is 9.36. The zero-order chi connectivity index (χ0) is 20.3. The summed E-state index contributed by atoms with van der Waals surface area (Å²) in [7, 11) is 1.59. The van der Waals surface area contributed by atoms with Gasteiger partial charge in [-0.1, -0.05) is 32.9 Å². The van der Waals surface area contributed by atoms with Crippen molar-refractivity contribution in [3.8, 4) is 5.75 Å². The normalized spacial score (nSPS) is 11.4. The van der Waals surface area contributed by atoms with Gasteiger partial charge in [-0.15, -0.1) is 0 Å². The standard InChI is InChI=1S/C23H26N2O3/c1-23(2,3)18-8-5-15(6-9-18)21(26)24-12-11-17-13-16-7-10-19(28-4)14-20(16)25-22(17)27/h5-10,13-14H,11-12H2,1-4H3,(H,24,26)(H,25,27). The number of pyridine rings is 1. The van der Waals surface area contributed by atoms with Crippen LogP contribution in [0.4, 0.5) is 0 Å². The summed E-state index contributed by atoms with van der Waals surface area (Å²) in [6, 6.07) is 15.1. The average Bonchev–Trinajstić information content (AvgIpc) is 2.67. The number of nitrogens with one attached hydrogen (secondary N) is 2. The van der Waals surface area contributed by atoms with Crippen molar-refractivity contribution >= 4 is 16.8 Å². The molecule has 1 aromatic heterocycles. The highest BCUT2D eigenvalue weighted by Crippen LogP contribution is 2.22. The number of aromatic nitrogens is 1. The fourth-order valence-electron chi connectivity index (χ4n) is 3.07. The maximum absolute atomic E-state index is 12.4. The first-order chi connectivity index (χ1) is 13.3. The lowest BCUT2D eigenvalue weighted by Gasteiger charge is -2.19. The molecule has 3 rings (SSSR count). The van der Waals surface area contributed by atoms with Crippen molar-refractivity contribution < 1.29 is 9.53 Å². The maximum Gasteiger partial charge on any atom is 0.251 e. The Morgan fingerprint density at radius 3 is 2.43 bits per heavy atom. The van der Waals surface area contributed by atoms with Crippen molar-refractivity contribution in [1.29, 1.82) is 0 Å². The molecule has 5 heteroatoms. The van der Waals surface area contributed by atoms with Gasteiger partial charge in [0.15, 0.2) is 0 Å². The second kappa shape index (κ2) is 7.89. The van der Waals surface area contributed by atoms with Gasteiger partial charge < -0.3 is 15.0 Å². The van der Waals surface area contributed by atoms with E-state index < -0.39 is 0 Å². The van der Waals surface area contributed by atoms with Crippen LogP contribution in [-0.4, -0.2) is 24.5 Å². The molecule has 0 spiro atoms. The summed E-state index contributed by atoms with van der Waals surface area (Å²) >= 11 is 0. The molecule has 5 nitrogen and oxygen atoms in total. The molecule has 0 aliphatic rings. The Morgan fingerprint density at radius 2 is 1.79 bits per heavy atom. The lowest BCUT2D eigenvalue weighted by Crippen LogP contribution is -2.27. The van der Waals surface area contributed by atoms with E-state index in [9.17, 15) is 9.59 Å². The molecule has 0 saturated heterocycles. The molecule has 28 heavy (non-hydrogen) atoms. The van der Waals surface area contributed by atoms with Gasteiger partial charge in [-0.3, -0.25) is 9.59 Å². The van der Waals surface area contributed by atoms with Crippen molar-refractivity contribution in [2.45, 2.75) is 32.6 Å². The number of fused-ring (bicyclic) bond motifs is 1. The Balaban J connectivity index is 1.65. The van der Waals surface area contributed by atoms with Gasteiger partial charge in [0.25, 0.3) is 11.5 Å². The van der Waals surface area contributed by atoms with Gasteiger partial charge in [0.1, 0.15) is 5.75 Å². The Morgan fingerprint density at radius 1 is 1.07 bits per heavy atom. The monoisotopic (exact) mass is 378 g/mol.